The van der Waals surface area contributed by atoms with Crippen LogP contribution in [-0.2, 0) is 11.3 Å². The van der Waals surface area contributed by atoms with Crippen LogP contribution in [0.25, 0.3) is 0 Å². The average Bonchev–Trinajstić information content (AvgIpc) is 2.84. The summed E-state index contributed by atoms with van der Waals surface area (Å²) in [6, 6.07) is 3.53. The molecule has 0 atom stereocenters. The molecule has 1 aromatic heterocycles. The second-order valence-electron chi connectivity index (χ2n) is 4.12. The summed E-state index contributed by atoms with van der Waals surface area (Å²) in [6.45, 7) is -0.410. The standard InChI is InChI=1S/C13H9F3N2O3/c14-7-4-9(16)10(5-8(7)15)17-12(19)6-18-3-1-2-11(18)13(20)21/h1-5H,6H2,(H,17,19)(H,20,21). The van der Waals surface area contributed by atoms with Gasteiger partial charge >= 0.3 is 5.97 Å². The maximum Gasteiger partial charge on any atom is 0.352 e. The third kappa shape index (κ3) is 3.22. The van der Waals surface area contributed by atoms with E-state index in [0.717, 1.165) is 4.57 Å². The Morgan fingerprint density at radius 2 is 1.81 bits per heavy atom. The summed E-state index contributed by atoms with van der Waals surface area (Å²) in [5.74, 6) is -5.82. The van der Waals surface area contributed by atoms with Gasteiger partial charge in [0.25, 0.3) is 0 Å². The maximum absolute atomic E-state index is 13.4. The number of aromatic nitrogens is 1. The van der Waals surface area contributed by atoms with E-state index in [2.05, 4.69) is 0 Å². The van der Waals surface area contributed by atoms with Gasteiger partial charge in [-0.25, -0.2) is 18.0 Å². The molecule has 0 saturated heterocycles. The molecule has 2 aromatic rings. The zero-order valence-electron chi connectivity index (χ0n) is 10.4. The first kappa shape index (κ1) is 14.6. The molecule has 0 fully saturated rings. The van der Waals surface area contributed by atoms with Crippen LogP contribution in [-0.4, -0.2) is 21.6 Å². The summed E-state index contributed by atoms with van der Waals surface area (Å²) in [6.07, 6.45) is 1.35. The zero-order valence-corrected chi connectivity index (χ0v) is 10.4. The van der Waals surface area contributed by atoms with Gasteiger partial charge in [-0.15, -0.1) is 0 Å². The van der Waals surface area contributed by atoms with Crippen molar-refractivity contribution in [3.63, 3.8) is 0 Å². The van der Waals surface area contributed by atoms with Gasteiger partial charge in [0, 0.05) is 18.3 Å². The number of rotatable bonds is 4. The highest BCUT2D eigenvalue weighted by molar-refractivity contribution is 5.92. The molecule has 0 aliphatic heterocycles. The third-order valence-electron chi connectivity index (χ3n) is 2.65. The Morgan fingerprint density at radius 3 is 2.48 bits per heavy atom. The predicted molar refractivity (Wildman–Crippen MR) is 66.3 cm³/mol. The Kier molecular flexibility index (Phi) is 3.97. The first-order valence-corrected chi connectivity index (χ1v) is 5.71. The number of carbonyl (C=O) groups is 2. The van der Waals surface area contributed by atoms with Crippen molar-refractivity contribution in [2.45, 2.75) is 6.54 Å². The Labute approximate surface area is 116 Å². The van der Waals surface area contributed by atoms with Gasteiger partial charge in [0.1, 0.15) is 18.1 Å². The van der Waals surface area contributed by atoms with Crippen molar-refractivity contribution in [1.82, 2.24) is 4.57 Å². The molecule has 0 bridgehead atoms. The quantitative estimate of drug-likeness (QED) is 0.850. The lowest BCUT2D eigenvalue weighted by molar-refractivity contribution is -0.116. The van der Waals surface area contributed by atoms with Crippen LogP contribution in [0.1, 0.15) is 10.5 Å². The molecule has 1 heterocycles. The normalized spacial score (nSPS) is 10.4. The number of halogens is 3. The second-order valence-corrected chi connectivity index (χ2v) is 4.12. The molecule has 21 heavy (non-hydrogen) atoms. The summed E-state index contributed by atoms with van der Waals surface area (Å²) in [7, 11) is 0. The molecule has 0 unspecified atom stereocenters. The van der Waals surface area contributed by atoms with Crippen LogP contribution >= 0.6 is 0 Å². The summed E-state index contributed by atoms with van der Waals surface area (Å²) >= 11 is 0. The van der Waals surface area contributed by atoms with Gasteiger partial charge < -0.3 is 15.0 Å². The molecular weight excluding hydrogens is 289 g/mol. The number of anilines is 1. The Morgan fingerprint density at radius 1 is 1.14 bits per heavy atom. The Hall–Kier alpha value is -2.77. The lowest BCUT2D eigenvalue weighted by atomic mass is 10.2. The van der Waals surface area contributed by atoms with Crippen LogP contribution in [0.2, 0.25) is 0 Å². The molecule has 1 amide bonds. The van der Waals surface area contributed by atoms with E-state index in [1.54, 1.807) is 0 Å². The van der Waals surface area contributed by atoms with Crippen LogP contribution in [0.3, 0.4) is 0 Å². The number of nitrogens with one attached hydrogen (secondary N) is 1. The fourth-order valence-corrected chi connectivity index (χ4v) is 1.71. The van der Waals surface area contributed by atoms with Crippen molar-refractivity contribution in [3.05, 3.63) is 53.6 Å². The zero-order chi connectivity index (χ0) is 15.6. The van der Waals surface area contributed by atoms with Crippen LogP contribution in [0.5, 0.6) is 0 Å². The lowest BCUT2D eigenvalue weighted by Gasteiger charge is -2.09. The molecule has 2 N–H and O–H groups in total. The number of nitrogens with zero attached hydrogens (tertiary/aromatic N) is 1. The lowest BCUT2D eigenvalue weighted by Crippen LogP contribution is -2.21. The molecule has 1 aromatic carbocycles. The van der Waals surface area contributed by atoms with E-state index in [0.29, 0.717) is 12.1 Å². The summed E-state index contributed by atoms with van der Waals surface area (Å²) < 4.78 is 40.2. The fraction of sp³-hybridized carbons (Fsp3) is 0.0769. The number of carbonyl (C=O) groups excluding carboxylic acids is 1. The molecule has 0 spiro atoms. The van der Waals surface area contributed by atoms with Gasteiger partial charge in [-0.2, -0.15) is 0 Å². The number of carboxylic acids is 1. The van der Waals surface area contributed by atoms with Crippen LogP contribution in [0.4, 0.5) is 18.9 Å². The molecule has 0 radical (unpaired) electrons. The molecule has 0 aliphatic rings. The van der Waals surface area contributed by atoms with Crippen LogP contribution in [0.15, 0.2) is 30.5 Å². The van der Waals surface area contributed by atoms with Crippen molar-refractivity contribution in [2.24, 2.45) is 0 Å². The van der Waals surface area contributed by atoms with Crippen LogP contribution < -0.4 is 5.32 Å². The SMILES string of the molecule is O=C(Cn1cccc1C(=O)O)Nc1cc(F)c(F)cc1F. The van der Waals surface area contributed by atoms with Crippen LogP contribution in [0, 0.1) is 17.5 Å². The molecule has 0 saturated carbocycles. The Bertz CT molecular complexity index is 713. The topological polar surface area (TPSA) is 71.3 Å². The van der Waals surface area contributed by atoms with Crippen molar-refractivity contribution in [2.75, 3.05) is 5.32 Å². The van der Waals surface area contributed by atoms with Gasteiger partial charge in [-0.3, -0.25) is 4.79 Å². The minimum atomic E-state index is -1.37. The largest absolute Gasteiger partial charge is 0.477 e. The predicted octanol–water partition coefficient (Wildman–Crippen LogP) is 2.24. The number of aromatic carboxylic acids is 1. The van der Waals surface area contributed by atoms with E-state index < -0.39 is 41.6 Å². The van der Waals surface area contributed by atoms with Gasteiger partial charge in [0.2, 0.25) is 5.91 Å². The Balaban J connectivity index is 2.14. The van der Waals surface area contributed by atoms with Gasteiger partial charge in [-0.1, -0.05) is 0 Å². The molecule has 5 nitrogen and oxygen atoms in total. The fourth-order valence-electron chi connectivity index (χ4n) is 1.71. The van der Waals surface area contributed by atoms with Crippen molar-refractivity contribution in [3.8, 4) is 0 Å². The molecule has 110 valence electrons. The minimum absolute atomic E-state index is 0.129. The maximum atomic E-state index is 13.4. The first-order valence-electron chi connectivity index (χ1n) is 5.71. The van der Waals surface area contributed by atoms with E-state index in [1.165, 1.54) is 18.3 Å². The van der Waals surface area contributed by atoms with E-state index in [4.69, 9.17) is 5.11 Å². The number of hydrogen-bond donors (Lipinski definition) is 2. The first-order chi connectivity index (χ1) is 9.88. The number of carboxylic acid groups (broad SMARTS) is 1. The number of benzene rings is 1. The highest BCUT2D eigenvalue weighted by atomic mass is 19.2. The summed E-state index contributed by atoms with van der Waals surface area (Å²) in [4.78, 5) is 22.6. The van der Waals surface area contributed by atoms with E-state index in [9.17, 15) is 22.8 Å². The van der Waals surface area contributed by atoms with Crippen molar-refractivity contribution >= 4 is 17.6 Å². The van der Waals surface area contributed by atoms with Crippen molar-refractivity contribution < 1.29 is 27.9 Å². The average molecular weight is 298 g/mol. The highest BCUT2D eigenvalue weighted by Crippen LogP contribution is 2.18. The number of hydrogen-bond acceptors (Lipinski definition) is 2. The molecule has 2 rings (SSSR count). The second kappa shape index (κ2) is 5.70. The number of amides is 1. The summed E-state index contributed by atoms with van der Waals surface area (Å²) in [5.41, 5.74) is -0.654. The molecule has 8 heteroatoms. The van der Waals surface area contributed by atoms with E-state index in [1.807, 2.05) is 5.32 Å². The molecule has 0 aliphatic carbocycles. The minimum Gasteiger partial charge on any atom is -0.477 e. The van der Waals surface area contributed by atoms with E-state index in [-0.39, 0.29) is 5.69 Å². The monoisotopic (exact) mass is 298 g/mol. The van der Waals surface area contributed by atoms with E-state index >= 15 is 0 Å². The van der Waals surface area contributed by atoms with Crippen molar-refractivity contribution in [1.29, 1.82) is 0 Å². The van der Waals surface area contributed by atoms with Gasteiger partial charge in [0.15, 0.2) is 11.6 Å². The molecular formula is C13H9F3N2O3. The third-order valence-corrected chi connectivity index (χ3v) is 2.65. The van der Waals surface area contributed by atoms with Gasteiger partial charge in [-0.05, 0) is 12.1 Å². The summed E-state index contributed by atoms with van der Waals surface area (Å²) in [5, 5.41) is 10.9. The smallest absolute Gasteiger partial charge is 0.352 e. The highest BCUT2D eigenvalue weighted by Gasteiger charge is 2.15. The van der Waals surface area contributed by atoms with Gasteiger partial charge in [0.05, 0.1) is 5.69 Å².